The van der Waals surface area contributed by atoms with Gasteiger partial charge in [0.25, 0.3) is 5.56 Å². The van der Waals surface area contributed by atoms with Gasteiger partial charge in [0.1, 0.15) is 11.5 Å². The Morgan fingerprint density at radius 3 is 2.59 bits per heavy atom. The number of aromatic nitrogens is 1. The SMILES string of the molecule is C=CCC1CCC(=O)CC1c1c(O)cc(C(C)(C)c2ccccc2)[nH]c1=O. The highest BCUT2D eigenvalue weighted by Crippen LogP contribution is 2.41. The van der Waals surface area contributed by atoms with Gasteiger partial charge in [0.15, 0.2) is 0 Å². The van der Waals surface area contributed by atoms with Crippen LogP contribution in [-0.4, -0.2) is 15.9 Å². The molecule has 1 aliphatic rings. The first-order chi connectivity index (χ1) is 12.8. The number of pyridine rings is 1. The molecule has 1 saturated carbocycles. The second-order valence-electron chi connectivity index (χ2n) is 7.97. The molecule has 2 atom stereocenters. The Kier molecular flexibility index (Phi) is 5.36. The molecular weight excluding hydrogens is 338 g/mol. The third kappa shape index (κ3) is 3.75. The molecule has 1 fully saturated rings. The molecule has 0 aliphatic heterocycles. The zero-order chi connectivity index (χ0) is 19.6. The molecule has 3 rings (SSSR count). The number of benzene rings is 1. The van der Waals surface area contributed by atoms with Gasteiger partial charge in [0, 0.05) is 35.9 Å². The largest absolute Gasteiger partial charge is 0.507 e. The fraction of sp³-hybridized carbons (Fsp3) is 0.391. The van der Waals surface area contributed by atoms with Crippen LogP contribution >= 0.6 is 0 Å². The second kappa shape index (κ2) is 7.55. The van der Waals surface area contributed by atoms with E-state index in [4.69, 9.17) is 0 Å². The Balaban J connectivity index is 2.04. The van der Waals surface area contributed by atoms with Crippen LogP contribution in [0.1, 0.15) is 62.3 Å². The minimum absolute atomic E-state index is 0.0217. The summed E-state index contributed by atoms with van der Waals surface area (Å²) in [6.45, 7) is 7.82. The summed E-state index contributed by atoms with van der Waals surface area (Å²) >= 11 is 0. The van der Waals surface area contributed by atoms with Gasteiger partial charge < -0.3 is 10.1 Å². The Labute approximate surface area is 160 Å². The number of aromatic hydroxyl groups is 1. The fourth-order valence-corrected chi connectivity index (χ4v) is 4.16. The molecule has 0 saturated heterocycles. The van der Waals surface area contributed by atoms with Crippen molar-refractivity contribution in [2.24, 2.45) is 5.92 Å². The van der Waals surface area contributed by atoms with Gasteiger partial charge in [-0.1, -0.05) is 50.3 Å². The van der Waals surface area contributed by atoms with Crippen LogP contribution < -0.4 is 5.56 Å². The zero-order valence-electron chi connectivity index (χ0n) is 16.0. The van der Waals surface area contributed by atoms with Crippen molar-refractivity contribution in [3.05, 3.63) is 76.2 Å². The second-order valence-corrected chi connectivity index (χ2v) is 7.97. The summed E-state index contributed by atoms with van der Waals surface area (Å²) in [5.74, 6) is 0.0152. The van der Waals surface area contributed by atoms with Crippen LogP contribution in [0.15, 0.2) is 53.8 Å². The van der Waals surface area contributed by atoms with Crippen molar-refractivity contribution in [2.75, 3.05) is 0 Å². The highest BCUT2D eigenvalue weighted by molar-refractivity contribution is 5.80. The highest BCUT2D eigenvalue weighted by atomic mass is 16.3. The van der Waals surface area contributed by atoms with Crippen LogP contribution in [0.2, 0.25) is 0 Å². The monoisotopic (exact) mass is 365 g/mol. The van der Waals surface area contributed by atoms with Gasteiger partial charge in [-0.15, -0.1) is 6.58 Å². The molecule has 0 spiro atoms. The van der Waals surface area contributed by atoms with Crippen molar-refractivity contribution in [3.63, 3.8) is 0 Å². The average molecular weight is 365 g/mol. The summed E-state index contributed by atoms with van der Waals surface area (Å²) in [6.07, 6.45) is 4.12. The Bertz CT molecular complexity index is 896. The summed E-state index contributed by atoms with van der Waals surface area (Å²) in [5.41, 5.74) is 1.28. The Hall–Kier alpha value is -2.62. The van der Waals surface area contributed by atoms with Crippen molar-refractivity contribution in [3.8, 4) is 5.75 Å². The van der Waals surface area contributed by atoms with Gasteiger partial charge in [-0.2, -0.15) is 0 Å². The normalized spacial score (nSPS) is 20.4. The van der Waals surface area contributed by atoms with Crippen molar-refractivity contribution in [1.29, 1.82) is 0 Å². The average Bonchev–Trinajstić information content (AvgIpc) is 2.64. The van der Waals surface area contributed by atoms with Crippen LogP contribution in [0.4, 0.5) is 0 Å². The summed E-state index contributed by atoms with van der Waals surface area (Å²) < 4.78 is 0. The molecule has 2 aromatic rings. The zero-order valence-corrected chi connectivity index (χ0v) is 16.0. The molecule has 142 valence electrons. The number of carbonyl (C=O) groups is 1. The van der Waals surface area contributed by atoms with E-state index in [0.717, 1.165) is 18.4 Å². The first-order valence-electron chi connectivity index (χ1n) is 9.49. The first-order valence-corrected chi connectivity index (χ1v) is 9.49. The minimum Gasteiger partial charge on any atom is -0.507 e. The van der Waals surface area contributed by atoms with E-state index in [1.807, 2.05) is 50.3 Å². The van der Waals surface area contributed by atoms with E-state index in [9.17, 15) is 14.7 Å². The first kappa shape index (κ1) is 19.2. The van der Waals surface area contributed by atoms with Gasteiger partial charge in [-0.25, -0.2) is 0 Å². The van der Waals surface area contributed by atoms with E-state index in [1.54, 1.807) is 6.07 Å². The molecule has 0 bridgehead atoms. The van der Waals surface area contributed by atoms with Gasteiger partial charge in [-0.3, -0.25) is 9.59 Å². The maximum Gasteiger partial charge on any atom is 0.255 e. The summed E-state index contributed by atoms with van der Waals surface area (Å²) in [4.78, 5) is 27.9. The lowest BCUT2D eigenvalue weighted by molar-refractivity contribution is -0.121. The number of aromatic amines is 1. The molecule has 4 heteroatoms. The number of rotatable bonds is 5. The van der Waals surface area contributed by atoms with Crippen LogP contribution in [-0.2, 0) is 10.2 Å². The quantitative estimate of drug-likeness (QED) is 0.770. The van der Waals surface area contributed by atoms with Crippen LogP contribution in [0.3, 0.4) is 0 Å². The van der Waals surface area contributed by atoms with Crippen LogP contribution in [0.25, 0.3) is 0 Å². The standard InChI is InChI=1S/C23H27NO3/c1-4-8-15-11-12-17(25)13-18(15)21-19(26)14-20(24-22(21)27)23(2,3)16-9-6-5-7-10-16/h4-7,9-10,14-15,18H,1,8,11-13H2,2-3H3,(H2,24,26,27). The van der Waals surface area contributed by atoms with E-state index >= 15 is 0 Å². The molecule has 1 aliphatic carbocycles. The molecule has 1 heterocycles. The topological polar surface area (TPSA) is 70.2 Å². The molecule has 1 aromatic heterocycles. The fourth-order valence-electron chi connectivity index (χ4n) is 4.16. The Morgan fingerprint density at radius 1 is 1.26 bits per heavy atom. The van der Waals surface area contributed by atoms with Crippen LogP contribution in [0, 0.1) is 5.92 Å². The van der Waals surface area contributed by atoms with Crippen molar-refractivity contribution >= 4 is 5.78 Å². The molecule has 1 aromatic carbocycles. The number of allylic oxidation sites excluding steroid dienone is 1. The lowest BCUT2D eigenvalue weighted by atomic mass is 9.73. The predicted octanol–water partition coefficient (Wildman–Crippen LogP) is 4.44. The van der Waals surface area contributed by atoms with Crippen molar-refractivity contribution in [1.82, 2.24) is 4.98 Å². The van der Waals surface area contributed by atoms with Gasteiger partial charge >= 0.3 is 0 Å². The number of hydrogen-bond acceptors (Lipinski definition) is 3. The molecule has 0 radical (unpaired) electrons. The van der Waals surface area contributed by atoms with E-state index in [2.05, 4.69) is 11.6 Å². The third-order valence-corrected chi connectivity index (χ3v) is 5.87. The third-order valence-electron chi connectivity index (χ3n) is 5.87. The Morgan fingerprint density at radius 2 is 1.96 bits per heavy atom. The molecule has 0 amide bonds. The van der Waals surface area contributed by atoms with Gasteiger partial charge in [0.05, 0.1) is 5.56 Å². The smallest absolute Gasteiger partial charge is 0.255 e. The van der Waals surface area contributed by atoms with E-state index in [0.29, 0.717) is 24.1 Å². The number of Topliss-reactive ketones (excluding diaryl/α,β-unsaturated/α-hetero) is 1. The summed E-state index contributed by atoms with van der Waals surface area (Å²) in [6, 6.07) is 11.5. The molecule has 2 unspecified atom stereocenters. The lowest BCUT2D eigenvalue weighted by Gasteiger charge is -2.31. The van der Waals surface area contributed by atoms with Crippen molar-refractivity contribution < 1.29 is 9.90 Å². The molecular formula is C23H27NO3. The van der Waals surface area contributed by atoms with E-state index in [-0.39, 0.29) is 28.9 Å². The minimum atomic E-state index is -0.459. The number of hydrogen-bond donors (Lipinski definition) is 2. The number of nitrogens with one attached hydrogen (secondary N) is 1. The summed E-state index contributed by atoms with van der Waals surface area (Å²) in [5, 5.41) is 10.7. The maximum absolute atomic E-state index is 12.9. The van der Waals surface area contributed by atoms with E-state index in [1.165, 1.54) is 0 Å². The highest BCUT2D eigenvalue weighted by Gasteiger charge is 2.34. The number of carbonyl (C=O) groups excluding carboxylic acids is 1. The van der Waals surface area contributed by atoms with Gasteiger partial charge in [0.2, 0.25) is 0 Å². The number of ketones is 1. The van der Waals surface area contributed by atoms with E-state index < -0.39 is 5.41 Å². The predicted molar refractivity (Wildman–Crippen MR) is 107 cm³/mol. The van der Waals surface area contributed by atoms with Crippen molar-refractivity contribution in [2.45, 2.75) is 50.9 Å². The maximum atomic E-state index is 12.9. The molecule has 4 nitrogen and oxygen atoms in total. The molecule has 27 heavy (non-hydrogen) atoms. The van der Waals surface area contributed by atoms with Crippen LogP contribution in [0.5, 0.6) is 5.75 Å². The summed E-state index contributed by atoms with van der Waals surface area (Å²) in [7, 11) is 0. The number of H-pyrrole nitrogens is 1. The lowest BCUT2D eigenvalue weighted by Crippen LogP contribution is -2.31. The molecule has 2 N–H and O–H groups in total. The van der Waals surface area contributed by atoms with Gasteiger partial charge in [-0.05, 0) is 24.3 Å².